The van der Waals surface area contributed by atoms with Crippen molar-refractivity contribution in [1.29, 1.82) is 0 Å². The second kappa shape index (κ2) is 2.33. The Morgan fingerprint density at radius 1 is 1.67 bits per heavy atom. The van der Waals surface area contributed by atoms with Crippen LogP contribution in [0.15, 0.2) is 12.3 Å². The minimum absolute atomic E-state index is 0.424. The Morgan fingerprint density at radius 2 is 2.33 bits per heavy atom. The van der Waals surface area contributed by atoms with E-state index >= 15 is 0 Å². The lowest BCUT2D eigenvalue weighted by Gasteiger charge is -2.19. The molecule has 0 spiro atoms. The van der Waals surface area contributed by atoms with Gasteiger partial charge in [0.15, 0.2) is 0 Å². The van der Waals surface area contributed by atoms with Crippen molar-refractivity contribution in [3.05, 3.63) is 18.0 Å². The van der Waals surface area contributed by atoms with Gasteiger partial charge in [0.1, 0.15) is 5.60 Å². The molecule has 1 heterocycles. The number of aryl methyl sites for hydroxylation is 1. The van der Waals surface area contributed by atoms with Gasteiger partial charge < -0.3 is 5.11 Å². The molecule has 1 fully saturated rings. The highest BCUT2D eigenvalue weighted by Crippen LogP contribution is 2.44. The standard InChI is InChI=1S/C9H14N2O/c1-9(12,7-3-4-7)8-5-6-11(2)10-8/h5-7,12H,3-4H2,1-2H3. The van der Waals surface area contributed by atoms with Gasteiger partial charge in [0.05, 0.1) is 5.69 Å². The van der Waals surface area contributed by atoms with Gasteiger partial charge in [0, 0.05) is 13.2 Å². The van der Waals surface area contributed by atoms with Crippen LogP contribution in [0, 0.1) is 5.92 Å². The van der Waals surface area contributed by atoms with E-state index in [1.54, 1.807) is 4.68 Å². The predicted octanol–water partition coefficient (Wildman–Crippen LogP) is 1.04. The first kappa shape index (κ1) is 7.80. The maximum absolute atomic E-state index is 10.1. The van der Waals surface area contributed by atoms with Gasteiger partial charge >= 0.3 is 0 Å². The molecule has 1 saturated carbocycles. The highest BCUT2D eigenvalue weighted by Gasteiger charge is 2.42. The zero-order chi connectivity index (χ0) is 8.77. The number of rotatable bonds is 2. The molecule has 1 aromatic heterocycles. The molecule has 3 heteroatoms. The molecule has 3 nitrogen and oxygen atoms in total. The van der Waals surface area contributed by atoms with Gasteiger partial charge in [-0.1, -0.05) is 0 Å². The average Bonchev–Trinajstić information content (AvgIpc) is 2.75. The van der Waals surface area contributed by atoms with E-state index in [2.05, 4.69) is 5.10 Å². The summed E-state index contributed by atoms with van der Waals surface area (Å²) in [5, 5.41) is 14.3. The van der Waals surface area contributed by atoms with Crippen molar-refractivity contribution >= 4 is 0 Å². The lowest BCUT2D eigenvalue weighted by molar-refractivity contribution is 0.0281. The summed E-state index contributed by atoms with van der Waals surface area (Å²) >= 11 is 0. The van der Waals surface area contributed by atoms with E-state index in [1.807, 2.05) is 26.2 Å². The van der Waals surface area contributed by atoms with E-state index in [4.69, 9.17) is 0 Å². The van der Waals surface area contributed by atoms with Crippen LogP contribution in [-0.2, 0) is 12.6 Å². The first-order valence-electron chi connectivity index (χ1n) is 4.33. The molecule has 66 valence electrons. The van der Waals surface area contributed by atoms with Crippen LogP contribution in [0.3, 0.4) is 0 Å². The van der Waals surface area contributed by atoms with Gasteiger partial charge in [-0.2, -0.15) is 5.10 Å². The van der Waals surface area contributed by atoms with E-state index in [9.17, 15) is 5.11 Å². The SMILES string of the molecule is Cn1ccc(C(C)(O)C2CC2)n1. The molecule has 1 aliphatic rings. The molecule has 2 rings (SSSR count). The number of aliphatic hydroxyl groups is 1. The monoisotopic (exact) mass is 166 g/mol. The zero-order valence-electron chi connectivity index (χ0n) is 7.49. The van der Waals surface area contributed by atoms with Gasteiger partial charge in [0.2, 0.25) is 0 Å². The van der Waals surface area contributed by atoms with Crippen molar-refractivity contribution in [2.75, 3.05) is 0 Å². The molecule has 1 atom stereocenters. The van der Waals surface area contributed by atoms with Crippen LogP contribution < -0.4 is 0 Å². The fourth-order valence-corrected chi connectivity index (χ4v) is 1.54. The molecule has 0 aliphatic heterocycles. The van der Waals surface area contributed by atoms with Gasteiger partial charge in [-0.15, -0.1) is 0 Å². The van der Waals surface area contributed by atoms with Crippen molar-refractivity contribution in [3.63, 3.8) is 0 Å². The molecule has 1 N–H and O–H groups in total. The molecular formula is C9H14N2O. The van der Waals surface area contributed by atoms with Crippen LogP contribution in [0.1, 0.15) is 25.5 Å². The minimum Gasteiger partial charge on any atom is -0.383 e. The van der Waals surface area contributed by atoms with E-state index in [1.165, 1.54) is 0 Å². The van der Waals surface area contributed by atoms with Crippen molar-refractivity contribution in [2.45, 2.75) is 25.4 Å². The summed E-state index contributed by atoms with van der Waals surface area (Å²) in [6.45, 7) is 1.85. The average molecular weight is 166 g/mol. The first-order chi connectivity index (χ1) is 5.60. The van der Waals surface area contributed by atoms with Crippen LogP contribution in [0.2, 0.25) is 0 Å². The summed E-state index contributed by atoms with van der Waals surface area (Å²) in [5.74, 6) is 0.424. The third kappa shape index (κ3) is 1.14. The smallest absolute Gasteiger partial charge is 0.108 e. The molecule has 0 saturated heterocycles. The van der Waals surface area contributed by atoms with E-state index < -0.39 is 5.60 Å². The van der Waals surface area contributed by atoms with E-state index in [0.29, 0.717) is 5.92 Å². The Bertz CT molecular complexity index is 286. The largest absolute Gasteiger partial charge is 0.383 e. The summed E-state index contributed by atoms with van der Waals surface area (Å²) in [6.07, 6.45) is 4.12. The summed E-state index contributed by atoms with van der Waals surface area (Å²) < 4.78 is 1.73. The Balaban J connectivity index is 2.27. The maximum atomic E-state index is 10.1. The first-order valence-corrected chi connectivity index (χ1v) is 4.33. The summed E-state index contributed by atoms with van der Waals surface area (Å²) in [7, 11) is 1.87. The topological polar surface area (TPSA) is 38.0 Å². The predicted molar refractivity (Wildman–Crippen MR) is 45.5 cm³/mol. The summed E-state index contributed by atoms with van der Waals surface area (Å²) in [6, 6.07) is 1.89. The van der Waals surface area contributed by atoms with Crippen molar-refractivity contribution < 1.29 is 5.11 Å². The molecular weight excluding hydrogens is 152 g/mol. The van der Waals surface area contributed by atoms with Crippen molar-refractivity contribution in [2.24, 2.45) is 13.0 Å². The lowest BCUT2D eigenvalue weighted by atomic mass is 9.97. The van der Waals surface area contributed by atoms with Gasteiger partial charge in [-0.25, -0.2) is 0 Å². The zero-order valence-corrected chi connectivity index (χ0v) is 7.49. The van der Waals surface area contributed by atoms with Gasteiger partial charge in [-0.3, -0.25) is 4.68 Å². The van der Waals surface area contributed by atoms with Crippen molar-refractivity contribution in [1.82, 2.24) is 9.78 Å². The quantitative estimate of drug-likeness (QED) is 0.712. The molecule has 0 bridgehead atoms. The van der Waals surface area contributed by atoms with Crippen LogP contribution in [0.25, 0.3) is 0 Å². The maximum Gasteiger partial charge on any atom is 0.108 e. The Hall–Kier alpha value is -0.830. The highest BCUT2D eigenvalue weighted by atomic mass is 16.3. The molecule has 0 radical (unpaired) electrons. The number of hydrogen-bond acceptors (Lipinski definition) is 2. The Kier molecular flexibility index (Phi) is 1.51. The second-order valence-corrected chi connectivity index (χ2v) is 3.80. The van der Waals surface area contributed by atoms with Crippen molar-refractivity contribution in [3.8, 4) is 0 Å². The Labute approximate surface area is 72.0 Å². The molecule has 12 heavy (non-hydrogen) atoms. The minimum atomic E-state index is -0.707. The normalized spacial score (nSPS) is 22.2. The fraction of sp³-hybridized carbons (Fsp3) is 0.667. The van der Waals surface area contributed by atoms with Gasteiger partial charge in [0.25, 0.3) is 0 Å². The molecule has 1 aromatic rings. The molecule has 1 aliphatic carbocycles. The number of hydrogen-bond donors (Lipinski definition) is 1. The van der Waals surface area contributed by atoms with E-state index in [0.717, 1.165) is 18.5 Å². The van der Waals surface area contributed by atoms with Gasteiger partial charge in [-0.05, 0) is 31.7 Å². The van der Waals surface area contributed by atoms with Crippen LogP contribution in [0.5, 0.6) is 0 Å². The van der Waals surface area contributed by atoms with Crippen LogP contribution in [0.4, 0.5) is 0 Å². The summed E-state index contributed by atoms with van der Waals surface area (Å²) in [4.78, 5) is 0. The summed E-state index contributed by atoms with van der Waals surface area (Å²) in [5.41, 5.74) is 0.0915. The van der Waals surface area contributed by atoms with Crippen LogP contribution in [-0.4, -0.2) is 14.9 Å². The fourth-order valence-electron chi connectivity index (χ4n) is 1.54. The molecule has 0 aromatic carbocycles. The van der Waals surface area contributed by atoms with Crippen LogP contribution >= 0.6 is 0 Å². The second-order valence-electron chi connectivity index (χ2n) is 3.80. The number of aromatic nitrogens is 2. The molecule has 1 unspecified atom stereocenters. The Morgan fingerprint density at radius 3 is 2.75 bits per heavy atom. The third-order valence-electron chi connectivity index (χ3n) is 2.60. The molecule has 0 amide bonds. The third-order valence-corrected chi connectivity index (χ3v) is 2.60. The number of nitrogens with zero attached hydrogens (tertiary/aromatic N) is 2. The lowest BCUT2D eigenvalue weighted by Crippen LogP contribution is -2.24. The highest BCUT2D eigenvalue weighted by molar-refractivity contribution is 5.13. The van der Waals surface area contributed by atoms with E-state index in [-0.39, 0.29) is 0 Å².